The molecule has 7 heteroatoms. The van der Waals surface area contributed by atoms with E-state index in [1.165, 1.54) is 0 Å². The zero-order chi connectivity index (χ0) is 24.8. The number of rotatable bonds is 8. The van der Waals surface area contributed by atoms with E-state index in [9.17, 15) is 19.5 Å². The number of hydrogen-bond acceptors (Lipinski definition) is 4. The molecule has 0 saturated heterocycles. The molecular weight excluding hydrogens is 444 g/mol. The molecule has 3 aromatic rings. The van der Waals surface area contributed by atoms with Gasteiger partial charge in [-0.25, -0.2) is 0 Å². The van der Waals surface area contributed by atoms with Gasteiger partial charge in [0.05, 0.1) is 0 Å². The normalized spacial score (nSPS) is 15.7. The maximum absolute atomic E-state index is 13.4. The highest BCUT2D eigenvalue weighted by molar-refractivity contribution is 6.19. The van der Waals surface area contributed by atoms with E-state index in [-0.39, 0.29) is 24.8 Å². The van der Waals surface area contributed by atoms with Gasteiger partial charge in [-0.2, -0.15) is 0 Å². The molecule has 1 aliphatic heterocycles. The first kappa shape index (κ1) is 23.8. The van der Waals surface area contributed by atoms with Crippen molar-refractivity contribution in [2.75, 3.05) is 6.54 Å². The topological polar surface area (TPSA) is 107 Å². The fourth-order valence-electron chi connectivity index (χ4n) is 4.24. The van der Waals surface area contributed by atoms with Gasteiger partial charge < -0.3 is 20.4 Å². The van der Waals surface area contributed by atoms with Gasteiger partial charge in [0.25, 0.3) is 11.8 Å². The van der Waals surface area contributed by atoms with E-state index >= 15 is 0 Å². The molecule has 1 aliphatic rings. The number of nitrogens with zero attached hydrogens (tertiary/aromatic N) is 1. The maximum Gasteiger partial charge on any atom is 0.322 e. The van der Waals surface area contributed by atoms with Crippen molar-refractivity contribution in [3.05, 3.63) is 107 Å². The minimum absolute atomic E-state index is 0.0958. The van der Waals surface area contributed by atoms with Gasteiger partial charge in [0.15, 0.2) is 0 Å². The molecule has 1 atom stereocenters. The van der Waals surface area contributed by atoms with E-state index in [1.54, 1.807) is 4.90 Å². The summed E-state index contributed by atoms with van der Waals surface area (Å²) in [4.78, 5) is 38.4. The molecule has 0 saturated carbocycles. The molecule has 0 fully saturated rings. The SMILES string of the molecule is O=C(O)CNC(=O)C1=C(O)CC(Cc2ccccc2)N(Cc2ccc(-c3ccccc3)cc2)C1=O. The average Bonchev–Trinajstić information content (AvgIpc) is 2.86. The van der Waals surface area contributed by atoms with Crippen LogP contribution in [0.5, 0.6) is 0 Å². The van der Waals surface area contributed by atoms with Gasteiger partial charge in [-0.05, 0) is 28.7 Å². The summed E-state index contributed by atoms with van der Waals surface area (Å²) in [6.07, 6.45) is 0.599. The predicted octanol–water partition coefficient (Wildman–Crippen LogP) is 3.71. The number of carbonyl (C=O) groups excluding carboxylic acids is 2. The smallest absolute Gasteiger partial charge is 0.322 e. The summed E-state index contributed by atoms with van der Waals surface area (Å²) in [6, 6.07) is 27.1. The Labute approximate surface area is 203 Å². The summed E-state index contributed by atoms with van der Waals surface area (Å²) in [7, 11) is 0. The van der Waals surface area contributed by atoms with Gasteiger partial charge in [-0.15, -0.1) is 0 Å². The lowest BCUT2D eigenvalue weighted by Crippen LogP contribution is -2.49. The van der Waals surface area contributed by atoms with Gasteiger partial charge in [0, 0.05) is 19.0 Å². The molecule has 0 radical (unpaired) electrons. The van der Waals surface area contributed by atoms with Crippen molar-refractivity contribution in [1.82, 2.24) is 10.2 Å². The van der Waals surface area contributed by atoms with Gasteiger partial charge >= 0.3 is 5.97 Å². The third-order valence-electron chi connectivity index (χ3n) is 5.99. The van der Waals surface area contributed by atoms with Crippen LogP contribution in [0, 0.1) is 0 Å². The molecule has 0 aromatic heterocycles. The number of aliphatic carboxylic acids is 1. The summed E-state index contributed by atoms with van der Waals surface area (Å²) in [5.74, 6) is -3.07. The summed E-state index contributed by atoms with van der Waals surface area (Å²) in [5.41, 5.74) is 3.60. The number of amides is 2. The molecule has 3 aromatic carbocycles. The first-order valence-electron chi connectivity index (χ1n) is 11.3. The molecule has 3 N–H and O–H groups in total. The third-order valence-corrected chi connectivity index (χ3v) is 5.99. The zero-order valence-electron chi connectivity index (χ0n) is 19.1. The zero-order valence-corrected chi connectivity index (χ0v) is 19.1. The molecule has 1 unspecified atom stereocenters. The van der Waals surface area contributed by atoms with Crippen molar-refractivity contribution in [3.63, 3.8) is 0 Å². The van der Waals surface area contributed by atoms with Gasteiger partial charge in [0.1, 0.15) is 17.9 Å². The molecule has 0 spiro atoms. The first-order chi connectivity index (χ1) is 16.9. The fourth-order valence-corrected chi connectivity index (χ4v) is 4.24. The van der Waals surface area contributed by atoms with E-state index < -0.39 is 29.9 Å². The van der Waals surface area contributed by atoms with Crippen LogP contribution >= 0.6 is 0 Å². The van der Waals surface area contributed by atoms with Crippen LogP contribution in [-0.4, -0.2) is 45.5 Å². The molecule has 2 amide bonds. The van der Waals surface area contributed by atoms with Crippen LogP contribution in [0.25, 0.3) is 11.1 Å². The van der Waals surface area contributed by atoms with Crippen molar-refractivity contribution in [1.29, 1.82) is 0 Å². The fraction of sp³-hybridized carbons (Fsp3) is 0.179. The quantitative estimate of drug-likeness (QED) is 0.435. The Balaban J connectivity index is 1.60. The van der Waals surface area contributed by atoms with E-state index in [1.807, 2.05) is 84.9 Å². The minimum Gasteiger partial charge on any atom is -0.511 e. The first-order valence-corrected chi connectivity index (χ1v) is 11.3. The Morgan fingerprint density at radius 1 is 0.857 bits per heavy atom. The number of aliphatic hydroxyl groups excluding tert-OH is 1. The van der Waals surface area contributed by atoms with E-state index in [4.69, 9.17) is 5.11 Å². The monoisotopic (exact) mass is 470 g/mol. The van der Waals surface area contributed by atoms with Crippen molar-refractivity contribution in [2.45, 2.75) is 25.4 Å². The Morgan fingerprint density at radius 3 is 2.09 bits per heavy atom. The Morgan fingerprint density at radius 2 is 1.46 bits per heavy atom. The Hall–Kier alpha value is -4.39. The highest BCUT2D eigenvalue weighted by atomic mass is 16.4. The summed E-state index contributed by atoms with van der Waals surface area (Å²) < 4.78 is 0. The van der Waals surface area contributed by atoms with Crippen molar-refractivity contribution in [3.8, 4) is 11.1 Å². The molecule has 0 bridgehead atoms. The summed E-state index contributed by atoms with van der Waals surface area (Å²) in [6.45, 7) is -0.397. The van der Waals surface area contributed by atoms with E-state index in [2.05, 4.69) is 5.32 Å². The maximum atomic E-state index is 13.4. The second kappa shape index (κ2) is 10.7. The molecular formula is C28H26N2O5. The van der Waals surface area contributed by atoms with Crippen LogP contribution in [0.2, 0.25) is 0 Å². The molecule has 178 valence electrons. The van der Waals surface area contributed by atoms with Crippen molar-refractivity contribution < 1.29 is 24.6 Å². The Bertz CT molecular complexity index is 1240. The lowest BCUT2D eigenvalue weighted by Gasteiger charge is -2.36. The highest BCUT2D eigenvalue weighted by Gasteiger charge is 2.38. The number of nitrogens with one attached hydrogen (secondary N) is 1. The van der Waals surface area contributed by atoms with Crippen LogP contribution in [0.15, 0.2) is 96.3 Å². The minimum atomic E-state index is -1.24. The number of hydrogen-bond donors (Lipinski definition) is 3. The largest absolute Gasteiger partial charge is 0.511 e. The molecule has 7 nitrogen and oxygen atoms in total. The van der Waals surface area contributed by atoms with Crippen LogP contribution in [0.4, 0.5) is 0 Å². The van der Waals surface area contributed by atoms with Gasteiger partial charge in [-0.3, -0.25) is 14.4 Å². The van der Waals surface area contributed by atoms with Crippen LogP contribution < -0.4 is 5.32 Å². The average molecular weight is 471 g/mol. The van der Waals surface area contributed by atoms with Crippen LogP contribution in [0.3, 0.4) is 0 Å². The van der Waals surface area contributed by atoms with Crippen LogP contribution in [0.1, 0.15) is 17.5 Å². The lowest BCUT2D eigenvalue weighted by atomic mass is 9.93. The van der Waals surface area contributed by atoms with E-state index in [0.29, 0.717) is 6.42 Å². The number of aliphatic hydroxyl groups is 1. The lowest BCUT2D eigenvalue weighted by molar-refractivity contribution is -0.139. The standard InChI is InChI=1S/C28H26N2O5/c31-24-16-23(15-19-7-3-1-4-8-19)30(28(35)26(24)27(34)29-17-25(32)33)18-20-11-13-22(14-12-20)21-9-5-2-6-10-21/h1-14,23,31H,15-18H2,(H,29,34)(H,32,33). The third kappa shape index (κ3) is 5.76. The molecule has 1 heterocycles. The highest BCUT2D eigenvalue weighted by Crippen LogP contribution is 2.28. The van der Waals surface area contributed by atoms with E-state index in [0.717, 1.165) is 22.3 Å². The van der Waals surface area contributed by atoms with Gasteiger partial charge in [0.2, 0.25) is 0 Å². The molecule has 0 aliphatic carbocycles. The number of carboxylic acid groups (broad SMARTS) is 1. The van der Waals surface area contributed by atoms with Crippen molar-refractivity contribution in [2.24, 2.45) is 0 Å². The Kier molecular flexibility index (Phi) is 7.26. The number of carbonyl (C=O) groups is 3. The van der Waals surface area contributed by atoms with Gasteiger partial charge in [-0.1, -0.05) is 84.9 Å². The summed E-state index contributed by atoms with van der Waals surface area (Å²) >= 11 is 0. The predicted molar refractivity (Wildman–Crippen MR) is 131 cm³/mol. The van der Waals surface area contributed by atoms with Crippen molar-refractivity contribution >= 4 is 17.8 Å². The van der Waals surface area contributed by atoms with Crippen LogP contribution in [-0.2, 0) is 27.3 Å². The number of carboxylic acids is 1. The summed E-state index contributed by atoms with van der Waals surface area (Å²) in [5, 5.41) is 21.6. The second-order valence-corrected chi connectivity index (χ2v) is 8.44. The second-order valence-electron chi connectivity index (χ2n) is 8.44. The molecule has 35 heavy (non-hydrogen) atoms. The molecule has 4 rings (SSSR count). The number of benzene rings is 3.